The maximum atomic E-state index is 13.4. The van der Waals surface area contributed by atoms with Crippen LogP contribution in [-0.2, 0) is 25.4 Å². The van der Waals surface area contributed by atoms with Gasteiger partial charge in [0.15, 0.2) is 0 Å². The summed E-state index contributed by atoms with van der Waals surface area (Å²) in [4.78, 5) is 36.5. The largest absolute Gasteiger partial charge is 0.478 e. The summed E-state index contributed by atoms with van der Waals surface area (Å²) in [6.07, 6.45) is -9.69. The van der Waals surface area contributed by atoms with Crippen LogP contribution in [0, 0.1) is 22.7 Å². The Morgan fingerprint density at radius 3 is 1.43 bits per heavy atom. The number of nitrogens with zero attached hydrogens (tertiary/aromatic N) is 4. The van der Waals surface area contributed by atoms with Gasteiger partial charge >= 0.3 is 18.3 Å². The number of pyridine rings is 2. The van der Waals surface area contributed by atoms with E-state index >= 15 is 0 Å². The number of carbonyl (C=O) groups is 1. The zero-order chi connectivity index (χ0) is 40.8. The highest BCUT2D eigenvalue weighted by atomic mass is 35.5. The molecule has 8 nitrogen and oxygen atoms in total. The van der Waals surface area contributed by atoms with Gasteiger partial charge in [0.05, 0.1) is 41.2 Å². The predicted molar refractivity (Wildman–Crippen MR) is 195 cm³/mol. The van der Waals surface area contributed by atoms with Crippen LogP contribution in [0.15, 0.2) is 131 Å². The number of benzene rings is 4. The molecule has 2 heterocycles. The van der Waals surface area contributed by atoms with Crippen molar-refractivity contribution in [2.24, 2.45) is 0 Å². The molecule has 0 spiro atoms. The molecule has 56 heavy (non-hydrogen) atoms. The average molecular weight is 787 g/mol. The van der Waals surface area contributed by atoms with Crippen LogP contribution in [0.4, 0.5) is 26.3 Å². The molecule has 6 aromatic rings. The van der Waals surface area contributed by atoms with Gasteiger partial charge in [-0.05, 0) is 52.6 Å². The molecular formula is C41H25ClF6N4O4. The fourth-order valence-electron chi connectivity index (χ4n) is 5.70. The van der Waals surface area contributed by atoms with Gasteiger partial charge in [-0.1, -0.05) is 103 Å². The van der Waals surface area contributed by atoms with Crippen LogP contribution in [0.2, 0.25) is 5.02 Å². The van der Waals surface area contributed by atoms with E-state index in [1.807, 2.05) is 0 Å². The Kier molecular flexibility index (Phi) is 12.0. The van der Waals surface area contributed by atoms with E-state index in [0.29, 0.717) is 27.3 Å². The van der Waals surface area contributed by atoms with Gasteiger partial charge in [-0.25, -0.2) is 4.79 Å². The maximum absolute atomic E-state index is 13.4. The molecule has 0 bridgehead atoms. The van der Waals surface area contributed by atoms with Gasteiger partial charge in [0, 0.05) is 5.02 Å². The summed E-state index contributed by atoms with van der Waals surface area (Å²) in [5.41, 5.74) is -4.57. The second-order valence-electron chi connectivity index (χ2n) is 12.0. The standard InChI is InChI=1S/C21H13F3N2O3.C20H12ClF3N2O/c22-21(23,24)17-10-18(14-4-2-1-3-5-14)26(19(27)16(17)11-25)12-13-6-8-15(9-7-13)20(28)29;21-17-9-5-4-8-14(17)12-26-18(13-6-2-1-3-7-13)10-16(20(22,23)24)15(11-25)19(26)27/h1-10H,12H2,(H,28,29);1-10H,12H2. The van der Waals surface area contributed by atoms with E-state index in [1.165, 1.54) is 36.4 Å². The molecule has 6 rings (SSSR count). The van der Waals surface area contributed by atoms with Gasteiger partial charge in [0.2, 0.25) is 0 Å². The van der Waals surface area contributed by atoms with Crippen molar-refractivity contribution in [1.29, 1.82) is 10.5 Å². The first-order valence-electron chi connectivity index (χ1n) is 16.2. The Morgan fingerprint density at radius 2 is 1.04 bits per heavy atom. The second kappa shape index (κ2) is 16.6. The Balaban J connectivity index is 0.000000215. The number of rotatable bonds is 7. The lowest BCUT2D eigenvalue weighted by molar-refractivity contribution is -0.138. The van der Waals surface area contributed by atoms with Crippen molar-refractivity contribution in [1.82, 2.24) is 9.13 Å². The van der Waals surface area contributed by atoms with Crippen molar-refractivity contribution >= 4 is 17.6 Å². The molecule has 4 aromatic carbocycles. The van der Waals surface area contributed by atoms with Crippen molar-refractivity contribution in [2.75, 3.05) is 0 Å². The number of halogens is 7. The van der Waals surface area contributed by atoms with Gasteiger partial charge in [-0.2, -0.15) is 36.9 Å². The van der Waals surface area contributed by atoms with Crippen LogP contribution in [0.5, 0.6) is 0 Å². The summed E-state index contributed by atoms with van der Waals surface area (Å²) in [6.45, 7) is -0.189. The number of carboxylic acids is 1. The summed E-state index contributed by atoms with van der Waals surface area (Å²) in [7, 11) is 0. The summed E-state index contributed by atoms with van der Waals surface area (Å²) in [5, 5.41) is 27.7. The Labute approximate surface area is 318 Å². The number of aromatic carboxylic acids is 1. The minimum absolute atomic E-state index is 0.00392. The minimum atomic E-state index is -4.87. The number of nitriles is 2. The molecule has 0 aliphatic carbocycles. The van der Waals surface area contributed by atoms with Gasteiger partial charge in [-0.15, -0.1) is 0 Å². The molecule has 2 aromatic heterocycles. The molecule has 0 amide bonds. The highest BCUT2D eigenvalue weighted by Gasteiger charge is 2.37. The van der Waals surface area contributed by atoms with Gasteiger partial charge in [-0.3, -0.25) is 9.59 Å². The van der Waals surface area contributed by atoms with E-state index < -0.39 is 51.7 Å². The smallest absolute Gasteiger partial charge is 0.417 e. The summed E-state index contributed by atoms with van der Waals surface area (Å²) >= 11 is 6.14. The molecule has 0 saturated heterocycles. The molecular weight excluding hydrogens is 762 g/mol. The topological polar surface area (TPSA) is 129 Å². The molecule has 0 saturated carbocycles. The Bertz CT molecular complexity index is 2610. The lowest BCUT2D eigenvalue weighted by atomic mass is 10.0. The lowest BCUT2D eigenvalue weighted by Gasteiger charge is -2.18. The molecule has 0 fully saturated rings. The van der Waals surface area contributed by atoms with Gasteiger partial charge in [0.1, 0.15) is 23.3 Å². The predicted octanol–water partition coefficient (Wildman–Crippen LogP) is 9.26. The lowest BCUT2D eigenvalue weighted by Crippen LogP contribution is -2.28. The highest BCUT2D eigenvalue weighted by Crippen LogP contribution is 2.35. The van der Waals surface area contributed by atoms with Crippen LogP contribution in [0.3, 0.4) is 0 Å². The van der Waals surface area contributed by atoms with Crippen molar-refractivity contribution in [3.8, 4) is 34.7 Å². The molecule has 0 aliphatic rings. The fourth-order valence-corrected chi connectivity index (χ4v) is 5.89. The first kappa shape index (κ1) is 40.3. The number of alkyl halides is 6. The molecule has 1 N–H and O–H groups in total. The zero-order valence-electron chi connectivity index (χ0n) is 28.6. The van der Waals surface area contributed by atoms with Crippen LogP contribution < -0.4 is 11.1 Å². The van der Waals surface area contributed by atoms with Crippen molar-refractivity contribution in [3.63, 3.8) is 0 Å². The third kappa shape index (κ3) is 8.89. The molecule has 15 heteroatoms. The Morgan fingerprint density at radius 1 is 0.625 bits per heavy atom. The first-order chi connectivity index (χ1) is 26.5. The number of aromatic nitrogens is 2. The normalized spacial score (nSPS) is 11.2. The summed E-state index contributed by atoms with van der Waals surface area (Å²) in [6, 6.07) is 33.0. The molecule has 0 unspecified atom stereocenters. The number of carboxylic acid groups (broad SMARTS) is 1. The van der Waals surface area contributed by atoms with E-state index in [1.54, 1.807) is 84.9 Å². The highest BCUT2D eigenvalue weighted by molar-refractivity contribution is 6.31. The summed E-state index contributed by atoms with van der Waals surface area (Å²) < 4.78 is 82.8. The van der Waals surface area contributed by atoms with Crippen LogP contribution >= 0.6 is 11.6 Å². The Hall–Kier alpha value is -6.90. The molecule has 0 radical (unpaired) electrons. The minimum Gasteiger partial charge on any atom is -0.478 e. The van der Waals surface area contributed by atoms with Crippen LogP contribution in [-0.4, -0.2) is 20.2 Å². The third-order valence-electron chi connectivity index (χ3n) is 8.40. The number of hydrogen-bond acceptors (Lipinski definition) is 5. The van der Waals surface area contributed by atoms with E-state index in [4.69, 9.17) is 16.7 Å². The van der Waals surface area contributed by atoms with Crippen molar-refractivity contribution in [3.05, 3.63) is 186 Å². The zero-order valence-corrected chi connectivity index (χ0v) is 29.3. The molecule has 0 atom stereocenters. The monoisotopic (exact) mass is 786 g/mol. The van der Waals surface area contributed by atoms with E-state index in [0.717, 1.165) is 21.3 Å². The van der Waals surface area contributed by atoms with E-state index in [2.05, 4.69) is 0 Å². The van der Waals surface area contributed by atoms with E-state index in [-0.39, 0.29) is 30.0 Å². The fraction of sp³-hybridized carbons (Fsp3) is 0.0976. The van der Waals surface area contributed by atoms with Crippen molar-refractivity contribution in [2.45, 2.75) is 25.4 Å². The third-order valence-corrected chi connectivity index (χ3v) is 8.77. The van der Waals surface area contributed by atoms with Crippen LogP contribution in [0.25, 0.3) is 22.5 Å². The van der Waals surface area contributed by atoms with Gasteiger partial charge < -0.3 is 14.2 Å². The van der Waals surface area contributed by atoms with E-state index in [9.17, 15) is 51.2 Å². The first-order valence-corrected chi connectivity index (χ1v) is 16.6. The second-order valence-corrected chi connectivity index (χ2v) is 12.4. The molecule has 0 aliphatic heterocycles. The SMILES string of the molecule is N#Cc1c(C(F)(F)F)cc(-c2ccccc2)n(Cc2ccc(C(=O)O)cc2)c1=O.N#Cc1c(C(F)(F)F)cc(-c2ccccc2)n(Cc2ccccc2Cl)c1=O. The maximum Gasteiger partial charge on any atom is 0.417 e. The summed E-state index contributed by atoms with van der Waals surface area (Å²) in [5.74, 6) is -1.13. The number of hydrogen-bond donors (Lipinski definition) is 1. The van der Waals surface area contributed by atoms with Gasteiger partial charge in [0.25, 0.3) is 11.1 Å². The van der Waals surface area contributed by atoms with Crippen LogP contribution in [0.1, 0.15) is 43.7 Å². The van der Waals surface area contributed by atoms with Crippen molar-refractivity contribution < 1.29 is 36.2 Å². The molecule has 282 valence electrons. The average Bonchev–Trinajstić information content (AvgIpc) is 3.17. The quantitative estimate of drug-likeness (QED) is 0.161.